The van der Waals surface area contributed by atoms with E-state index in [0.29, 0.717) is 11.3 Å². The zero-order valence-electron chi connectivity index (χ0n) is 15.6. The first-order chi connectivity index (χ1) is 13.4. The zero-order valence-corrected chi connectivity index (χ0v) is 16.4. The number of rotatable bonds is 3. The number of benzene rings is 2. The molecule has 0 saturated carbocycles. The number of thiophene rings is 1. The number of nitrogens with one attached hydrogen (secondary N) is 2. The summed E-state index contributed by atoms with van der Waals surface area (Å²) in [6.45, 7) is 3.87. The first-order valence-electron chi connectivity index (χ1n) is 9.03. The number of hydrogen-bond acceptors (Lipinski definition) is 4. The Hall–Kier alpha value is -3.12. The Morgan fingerprint density at radius 3 is 2.57 bits per heavy atom. The molecule has 1 unspecified atom stereocenters. The van der Waals surface area contributed by atoms with Gasteiger partial charge in [0.15, 0.2) is 0 Å². The molecule has 3 N–H and O–H groups in total. The summed E-state index contributed by atoms with van der Waals surface area (Å²) in [4.78, 5) is 25.8. The zero-order chi connectivity index (χ0) is 19.8. The number of phenols is 1. The van der Waals surface area contributed by atoms with Gasteiger partial charge in [-0.1, -0.05) is 30.3 Å². The number of carbonyl (C=O) groups excluding carboxylic acids is 2. The van der Waals surface area contributed by atoms with E-state index in [4.69, 9.17) is 0 Å². The summed E-state index contributed by atoms with van der Waals surface area (Å²) in [6, 6.07) is 14.5. The van der Waals surface area contributed by atoms with Crippen LogP contribution in [0.1, 0.15) is 44.3 Å². The second-order valence-electron chi connectivity index (χ2n) is 6.96. The van der Waals surface area contributed by atoms with Crippen molar-refractivity contribution in [1.82, 2.24) is 0 Å². The van der Waals surface area contributed by atoms with Gasteiger partial charge in [0, 0.05) is 18.0 Å². The number of amides is 2. The fraction of sp³-hybridized carbons (Fsp3) is 0.182. The van der Waals surface area contributed by atoms with Crippen molar-refractivity contribution >= 4 is 33.8 Å². The number of carbonyl (C=O) groups is 2. The molecule has 2 aromatic carbocycles. The van der Waals surface area contributed by atoms with E-state index in [1.807, 2.05) is 50.2 Å². The van der Waals surface area contributed by atoms with E-state index in [-0.39, 0.29) is 23.5 Å². The maximum atomic E-state index is 12.9. The highest BCUT2D eigenvalue weighted by Crippen LogP contribution is 2.45. The third-order valence-electron chi connectivity index (χ3n) is 5.08. The molecule has 1 aliphatic heterocycles. The Kier molecular flexibility index (Phi) is 4.65. The van der Waals surface area contributed by atoms with Gasteiger partial charge < -0.3 is 15.7 Å². The minimum absolute atomic E-state index is 0.0716. The van der Waals surface area contributed by atoms with Crippen molar-refractivity contribution in [2.75, 3.05) is 10.6 Å². The summed E-state index contributed by atoms with van der Waals surface area (Å²) in [6.07, 6.45) is 0.314. The second-order valence-corrected chi connectivity index (χ2v) is 7.99. The average Bonchev–Trinajstić information content (AvgIpc) is 3.00. The van der Waals surface area contributed by atoms with Gasteiger partial charge in [0.25, 0.3) is 5.91 Å². The highest BCUT2D eigenvalue weighted by molar-refractivity contribution is 7.18. The summed E-state index contributed by atoms with van der Waals surface area (Å²) >= 11 is 1.31. The maximum absolute atomic E-state index is 12.9. The van der Waals surface area contributed by atoms with Gasteiger partial charge in [-0.25, -0.2) is 0 Å². The summed E-state index contributed by atoms with van der Waals surface area (Å²) in [5.74, 6) is -0.201. The van der Waals surface area contributed by atoms with Crippen LogP contribution in [0.25, 0.3) is 0 Å². The van der Waals surface area contributed by atoms with Crippen LogP contribution in [0.2, 0.25) is 0 Å². The highest BCUT2D eigenvalue weighted by Gasteiger charge is 2.32. The summed E-state index contributed by atoms with van der Waals surface area (Å²) in [5.41, 5.74) is 4.57. The molecule has 5 nitrogen and oxygen atoms in total. The smallest absolute Gasteiger partial charge is 0.266 e. The number of para-hydroxylation sites is 1. The first kappa shape index (κ1) is 18.3. The Bertz CT molecular complexity index is 1070. The lowest BCUT2D eigenvalue weighted by Crippen LogP contribution is -2.22. The number of hydrogen-bond donors (Lipinski definition) is 3. The van der Waals surface area contributed by atoms with Crippen LogP contribution < -0.4 is 10.6 Å². The van der Waals surface area contributed by atoms with Gasteiger partial charge in [-0.3, -0.25) is 9.59 Å². The van der Waals surface area contributed by atoms with E-state index < -0.39 is 0 Å². The van der Waals surface area contributed by atoms with E-state index in [1.165, 1.54) is 11.3 Å². The Morgan fingerprint density at radius 1 is 1.14 bits per heavy atom. The normalized spacial score (nSPS) is 15.6. The second kappa shape index (κ2) is 7.13. The molecule has 0 fully saturated rings. The Balaban J connectivity index is 1.72. The van der Waals surface area contributed by atoms with Gasteiger partial charge in [0.1, 0.15) is 5.75 Å². The predicted molar refractivity (Wildman–Crippen MR) is 111 cm³/mol. The van der Waals surface area contributed by atoms with E-state index in [0.717, 1.165) is 32.9 Å². The lowest BCUT2D eigenvalue weighted by Gasteiger charge is -2.24. The van der Waals surface area contributed by atoms with Crippen molar-refractivity contribution in [3.8, 4) is 5.75 Å². The van der Waals surface area contributed by atoms with Crippen LogP contribution in [0.5, 0.6) is 5.75 Å². The molecule has 0 radical (unpaired) electrons. The van der Waals surface area contributed by atoms with Crippen LogP contribution >= 0.6 is 11.3 Å². The Morgan fingerprint density at radius 2 is 1.86 bits per heavy atom. The van der Waals surface area contributed by atoms with Crippen molar-refractivity contribution < 1.29 is 14.7 Å². The summed E-state index contributed by atoms with van der Waals surface area (Å²) in [5, 5.41) is 16.2. The SMILES string of the molecule is Cc1ccccc1NC(=O)c1sc2c(c1C)C(c1ccc(O)cc1)CC(=O)N2. The quantitative estimate of drug-likeness (QED) is 0.599. The van der Waals surface area contributed by atoms with Crippen molar-refractivity contribution in [3.05, 3.63) is 75.7 Å². The van der Waals surface area contributed by atoms with Crippen LogP contribution in [-0.2, 0) is 4.79 Å². The maximum Gasteiger partial charge on any atom is 0.266 e. The van der Waals surface area contributed by atoms with Crippen LogP contribution in [0.4, 0.5) is 10.7 Å². The lowest BCUT2D eigenvalue weighted by atomic mass is 9.85. The van der Waals surface area contributed by atoms with Crippen molar-refractivity contribution in [3.63, 3.8) is 0 Å². The van der Waals surface area contributed by atoms with Crippen LogP contribution in [-0.4, -0.2) is 16.9 Å². The molecule has 0 spiro atoms. The third-order valence-corrected chi connectivity index (χ3v) is 6.30. The first-order valence-corrected chi connectivity index (χ1v) is 9.84. The molecule has 4 rings (SSSR count). The van der Waals surface area contributed by atoms with Crippen molar-refractivity contribution in [2.24, 2.45) is 0 Å². The number of anilines is 2. The fourth-order valence-electron chi connectivity index (χ4n) is 3.60. The van der Waals surface area contributed by atoms with Gasteiger partial charge >= 0.3 is 0 Å². The standard InChI is InChI=1S/C22H20N2O3S/c1-12-5-3-4-6-17(12)23-21(27)20-13(2)19-16(11-18(26)24-22(19)28-20)14-7-9-15(25)10-8-14/h3-10,16,25H,11H2,1-2H3,(H,23,27)(H,24,26). The number of aryl methyl sites for hydroxylation is 1. The molecule has 28 heavy (non-hydrogen) atoms. The molecular formula is C22H20N2O3S. The Labute approximate surface area is 167 Å². The fourth-order valence-corrected chi connectivity index (χ4v) is 4.78. The molecule has 142 valence electrons. The van der Waals surface area contributed by atoms with E-state index in [9.17, 15) is 14.7 Å². The largest absolute Gasteiger partial charge is 0.508 e. The summed E-state index contributed by atoms with van der Waals surface area (Å²) in [7, 11) is 0. The molecule has 6 heteroatoms. The van der Waals surface area contributed by atoms with Crippen molar-refractivity contribution in [1.29, 1.82) is 0 Å². The minimum Gasteiger partial charge on any atom is -0.508 e. The predicted octanol–water partition coefficient (Wildman–Crippen LogP) is 4.80. The minimum atomic E-state index is -0.176. The molecule has 3 aromatic rings. The van der Waals surface area contributed by atoms with Crippen molar-refractivity contribution in [2.45, 2.75) is 26.2 Å². The molecule has 1 aliphatic rings. The van der Waals surface area contributed by atoms with Gasteiger partial charge in [0.2, 0.25) is 5.91 Å². The molecule has 0 aliphatic carbocycles. The molecule has 0 bridgehead atoms. The van der Waals surface area contributed by atoms with E-state index >= 15 is 0 Å². The lowest BCUT2D eigenvalue weighted by molar-refractivity contribution is -0.116. The molecule has 2 heterocycles. The molecule has 1 atom stereocenters. The number of fused-ring (bicyclic) bond motifs is 1. The van der Waals surface area contributed by atoms with E-state index in [2.05, 4.69) is 10.6 Å². The number of phenolic OH excluding ortho intramolecular Hbond substituents is 1. The monoisotopic (exact) mass is 392 g/mol. The van der Waals surface area contributed by atoms with Gasteiger partial charge in [-0.15, -0.1) is 11.3 Å². The molecule has 2 amide bonds. The van der Waals surface area contributed by atoms with Crippen LogP contribution in [0.3, 0.4) is 0 Å². The van der Waals surface area contributed by atoms with Gasteiger partial charge in [0.05, 0.1) is 9.88 Å². The van der Waals surface area contributed by atoms with E-state index in [1.54, 1.807) is 12.1 Å². The van der Waals surface area contributed by atoms with Crippen LogP contribution in [0, 0.1) is 13.8 Å². The number of aromatic hydroxyl groups is 1. The summed E-state index contributed by atoms with van der Waals surface area (Å²) < 4.78 is 0. The molecule has 1 aromatic heterocycles. The molecular weight excluding hydrogens is 372 g/mol. The van der Waals surface area contributed by atoms with Gasteiger partial charge in [-0.05, 0) is 54.3 Å². The third kappa shape index (κ3) is 3.27. The van der Waals surface area contributed by atoms with Crippen LogP contribution in [0.15, 0.2) is 48.5 Å². The highest BCUT2D eigenvalue weighted by atomic mass is 32.1. The average molecular weight is 392 g/mol. The van der Waals surface area contributed by atoms with Gasteiger partial charge in [-0.2, -0.15) is 0 Å². The molecule has 0 saturated heterocycles. The topological polar surface area (TPSA) is 78.4 Å².